The summed E-state index contributed by atoms with van der Waals surface area (Å²) in [5, 5.41) is 9.43. The number of carboxylic acid groups (broad SMARTS) is 1. The normalized spacial score (nSPS) is 13.7. The van der Waals surface area contributed by atoms with E-state index in [4.69, 9.17) is 14.5 Å². The van der Waals surface area contributed by atoms with Crippen LogP contribution in [-0.2, 0) is 32.3 Å². The average molecular weight is 583 g/mol. The van der Waals surface area contributed by atoms with E-state index < -0.39 is 48.0 Å². The Morgan fingerprint density at radius 2 is 1.71 bits per heavy atom. The molecule has 4 rings (SSSR count). The number of ether oxygens (including phenoxy) is 2. The highest BCUT2D eigenvalue weighted by molar-refractivity contribution is 5.81. The molecule has 1 amide bonds. The van der Waals surface area contributed by atoms with Crippen molar-refractivity contribution in [1.82, 2.24) is 23.6 Å². The lowest BCUT2D eigenvalue weighted by molar-refractivity contribution is -0.157. The minimum Gasteiger partial charge on any atom is -0.465 e. The number of benzene rings is 1. The molecule has 224 valence electrons. The molecule has 14 nitrogen and oxygen atoms in total. The van der Waals surface area contributed by atoms with Gasteiger partial charge in [-0.25, -0.2) is 14.2 Å². The van der Waals surface area contributed by atoms with E-state index in [9.17, 15) is 29.1 Å². The Morgan fingerprint density at radius 3 is 2.31 bits per heavy atom. The second kappa shape index (κ2) is 11.9. The van der Waals surface area contributed by atoms with Gasteiger partial charge >= 0.3 is 23.7 Å². The number of anilines is 1. The predicted octanol–water partition coefficient (Wildman–Crippen LogP) is 1.90. The van der Waals surface area contributed by atoms with Crippen LogP contribution in [0.25, 0.3) is 22.9 Å². The molecule has 1 aliphatic heterocycles. The zero-order valence-electron chi connectivity index (χ0n) is 24.0. The number of aromatic nitrogens is 4. The number of esters is 2. The van der Waals surface area contributed by atoms with Crippen LogP contribution in [0, 0.1) is 5.41 Å². The monoisotopic (exact) mass is 582 g/mol. The number of para-hydroxylation sites is 1. The number of rotatable bonds is 8. The molecule has 0 radical (unpaired) electrons. The molecule has 3 heterocycles. The molecule has 0 atom stereocenters. The number of piperazine rings is 1. The highest BCUT2D eigenvalue weighted by Gasteiger charge is 2.30. The lowest BCUT2D eigenvalue weighted by Crippen LogP contribution is -2.49. The number of fused-ring (bicyclic) bond motifs is 1. The molecule has 1 aliphatic rings. The molecule has 0 unspecified atom stereocenters. The van der Waals surface area contributed by atoms with Crippen molar-refractivity contribution in [2.24, 2.45) is 5.41 Å². The summed E-state index contributed by atoms with van der Waals surface area (Å²) >= 11 is 0. The van der Waals surface area contributed by atoms with Crippen LogP contribution in [0.5, 0.6) is 0 Å². The molecular weight excluding hydrogens is 548 g/mol. The van der Waals surface area contributed by atoms with Gasteiger partial charge in [-0.1, -0.05) is 30.9 Å². The fourth-order valence-corrected chi connectivity index (χ4v) is 4.56. The Labute approximate surface area is 241 Å². The largest absolute Gasteiger partial charge is 0.465 e. The van der Waals surface area contributed by atoms with Crippen LogP contribution in [0.3, 0.4) is 0 Å². The number of hydrogen-bond acceptors (Lipinski definition) is 9. The van der Waals surface area contributed by atoms with Crippen molar-refractivity contribution in [2.45, 2.75) is 41.0 Å². The van der Waals surface area contributed by atoms with Crippen molar-refractivity contribution in [3.05, 3.63) is 57.2 Å². The molecule has 1 aromatic carbocycles. The maximum Gasteiger partial charge on any atom is 0.407 e. The highest BCUT2D eigenvalue weighted by Crippen LogP contribution is 2.28. The van der Waals surface area contributed by atoms with E-state index in [1.165, 1.54) is 4.90 Å². The fourth-order valence-electron chi connectivity index (χ4n) is 4.56. The molecule has 1 fully saturated rings. The van der Waals surface area contributed by atoms with Crippen molar-refractivity contribution in [3.8, 4) is 5.69 Å². The van der Waals surface area contributed by atoms with E-state index >= 15 is 0 Å². The quantitative estimate of drug-likeness (QED) is 0.389. The summed E-state index contributed by atoms with van der Waals surface area (Å²) in [7, 11) is 0. The van der Waals surface area contributed by atoms with E-state index in [1.54, 1.807) is 62.6 Å². The van der Waals surface area contributed by atoms with Gasteiger partial charge in [-0.3, -0.25) is 23.5 Å². The zero-order valence-corrected chi connectivity index (χ0v) is 24.0. The molecule has 1 saturated heterocycles. The summed E-state index contributed by atoms with van der Waals surface area (Å²) in [4.78, 5) is 72.1. The molecule has 0 saturated carbocycles. The second-order valence-electron chi connectivity index (χ2n) is 10.7. The molecular formula is C28H34N6O8. The SMILES string of the molecule is C=Cc1ccccc1-n1c(N2CCN(C(=O)O)CC2)nc2c1c(=O)n(COC(=O)C(C)(C)C)c(=O)n2CC(=O)OCC. The molecule has 1 N–H and O–H groups in total. The van der Waals surface area contributed by atoms with Gasteiger partial charge in [0, 0.05) is 26.2 Å². The summed E-state index contributed by atoms with van der Waals surface area (Å²) in [5.74, 6) is -1.09. The van der Waals surface area contributed by atoms with Crippen LogP contribution in [0.15, 0.2) is 40.4 Å². The van der Waals surface area contributed by atoms with Gasteiger partial charge in [-0.05, 0) is 39.3 Å². The zero-order chi connectivity index (χ0) is 30.8. The Bertz CT molecular complexity index is 1650. The van der Waals surface area contributed by atoms with Gasteiger partial charge in [0.2, 0.25) is 5.95 Å². The lowest BCUT2D eigenvalue weighted by Gasteiger charge is -2.34. The first-order chi connectivity index (χ1) is 19.9. The van der Waals surface area contributed by atoms with E-state index in [0.29, 0.717) is 11.3 Å². The molecule has 0 spiro atoms. The van der Waals surface area contributed by atoms with Gasteiger partial charge < -0.3 is 24.4 Å². The van der Waals surface area contributed by atoms with Crippen molar-refractivity contribution < 1.29 is 29.0 Å². The predicted molar refractivity (Wildman–Crippen MR) is 154 cm³/mol. The topological polar surface area (TPSA) is 158 Å². The van der Waals surface area contributed by atoms with Gasteiger partial charge in [0.25, 0.3) is 5.56 Å². The van der Waals surface area contributed by atoms with E-state index in [1.807, 2.05) is 4.90 Å². The van der Waals surface area contributed by atoms with E-state index in [-0.39, 0.29) is 49.9 Å². The maximum atomic E-state index is 14.1. The lowest BCUT2D eigenvalue weighted by atomic mass is 9.98. The minimum atomic E-state index is -1.05. The van der Waals surface area contributed by atoms with Crippen LogP contribution >= 0.6 is 0 Å². The van der Waals surface area contributed by atoms with Crippen LogP contribution in [0.2, 0.25) is 0 Å². The van der Waals surface area contributed by atoms with Crippen LogP contribution in [-0.4, -0.2) is 79.5 Å². The molecule has 42 heavy (non-hydrogen) atoms. The van der Waals surface area contributed by atoms with Crippen molar-refractivity contribution in [2.75, 3.05) is 37.7 Å². The first-order valence-corrected chi connectivity index (χ1v) is 13.4. The Hall–Kier alpha value is -4.88. The number of imidazole rings is 1. The van der Waals surface area contributed by atoms with Gasteiger partial charge in [-0.15, -0.1) is 0 Å². The van der Waals surface area contributed by atoms with E-state index in [0.717, 1.165) is 9.13 Å². The van der Waals surface area contributed by atoms with Crippen LogP contribution in [0.1, 0.15) is 33.3 Å². The third-order valence-corrected chi connectivity index (χ3v) is 6.77. The smallest absolute Gasteiger partial charge is 0.407 e. The van der Waals surface area contributed by atoms with Crippen LogP contribution < -0.4 is 16.1 Å². The first kappa shape index (κ1) is 30.1. The Balaban J connectivity index is 2.02. The number of amides is 1. The number of hydrogen-bond donors (Lipinski definition) is 1. The molecule has 0 aliphatic carbocycles. The van der Waals surface area contributed by atoms with Gasteiger partial charge in [0.1, 0.15) is 6.54 Å². The van der Waals surface area contributed by atoms with Gasteiger partial charge in [0.05, 0.1) is 17.7 Å². The Kier molecular flexibility index (Phi) is 8.54. The summed E-state index contributed by atoms with van der Waals surface area (Å²) in [6, 6.07) is 7.10. The molecule has 14 heteroatoms. The highest BCUT2D eigenvalue weighted by atomic mass is 16.5. The average Bonchev–Trinajstić information content (AvgIpc) is 3.35. The molecule has 2 aromatic heterocycles. The first-order valence-electron chi connectivity index (χ1n) is 13.4. The minimum absolute atomic E-state index is 0.0457. The van der Waals surface area contributed by atoms with Crippen LogP contribution in [0.4, 0.5) is 10.7 Å². The molecule has 0 bridgehead atoms. The standard InChI is InChI=1S/C28H34N6O8/c1-6-18-10-8-9-11-19(18)34-21-22(29-25(34)30-12-14-31(15-13-30)27(39)40)32(16-20(35)41-7-2)26(38)33(23(21)36)17-42-24(37)28(3,4)5/h6,8-11H,1,7,12-17H2,2-5H3,(H,39,40). The van der Waals surface area contributed by atoms with Crippen molar-refractivity contribution in [3.63, 3.8) is 0 Å². The summed E-state index contributed by atoms with van der Waals surface area (Å²) in [6.45, 7) is 10.1. The summed E-state index contributed by atoms with van der Waals surface area (Å²) in [6.07, 6.45) is 0.558. The van der Waals surface area contributed by atoms with Crippen molar-refractivity contribution in [1.29, 1.82) is 0 Å². The Morgan fingerprint density at radius 1 is 1.05 bits per heavy atom. The van der Waals surface area contributed by atoms with Gasteiger partial charge in [0.15, 0.2) is 17.9 Å². The number of carbonyl (C=O) groups is 3. The number of carbonyl (C=O) groups excluding carboxylic acids is 2. The second-order valence-corrected chi connectivity index (χ2v) is 10.7. The third kappa shape index (κ3) is 5.78. The third-order valence-electron chi connectivity index (χ3n) is 6.77. The van der Waals surface area contributed by atoms with Gasteiger partial charge in [-0.2, -0.15) is 4.98 Å². The van der Waals surface area contributed by atoms with Crippen molar-refractivity contribution >= 4 is 41.2 Å². The van der Waals surface area contributed by atoms with E-state index in [2.05, 4.69) is 6.58 Å². The summed E-state index contributed by atoms with van der Waals surface area (Å²) < 4.78 is 13.7. The summed E-state index contributed by atoms with van der Waals surface area (Å²) in [5.41, 5.74) is -1.56. The maximum absolute atomic E-state index is 14.1. The number of nitrogens with zero attached hydrogens (tertiary/aromatic N) is 6. The molecule has 3 aromatic rings. The fraction of sp³-hybridized carbons (Fsp3) is 0.429.